The quantitative estimate of drug-likeness (QED) is 0.890. The number of aryl methyl sites for hydroxylation is 1. The van der Waals surface area contributed by atoms with Crippen LogP contribution in [0.4, 0.5) is 16.2 Å². The van der Waals surface area contributed by atoms with Crippen molar-refractivity contribution >= 4 is 17.7 Å². The summed E-state index contributed by atoms with van der Waals surface area (Å²) >= 11 is 0. The molecule has 7 nitrogen and oxygen atoms in total. The van der Waals surface area contributed by atoms with Crippen LogP contribution in [-0.4, -0.2) is 35.0 Å². The molecule has 0 aliphatic rings. The van der Waals surface area contributed by atoms with E-state index in [0.29, 0.717) is 11.6 Å². The third-order valence-electron chi connectivity index (χ3n) is 2.64. The lowest BCUT2D eigenvalue weighted by atomic mass is 10.2. The average molecular weight is 291 g/mol. The molecule has 8 heteroatoms. The molecule has 0 bridgehead atoms. The van der Waals surface area contributed by atoms with Crippen LogP contribution in [0.5, 0.6) is 5.88 Å². The van der Waals surface area contributed by atoms with Crippen molar-refractivity contribution in [3.05, 3.63) is 35.4 Å². The van der Waals surface area contributed by atoms with E-state index in [2.05, 4.69) is 25.6 Å². The first-order valence-electron chi connectivity index (χ1n) is 6.08. The van der Waals surface area contributed by atoms with E-state index in [1.54, 1.807) is 13.0 Å². The van der Waals surface area contributed by atoms with Gasteiger partial charge in [0.05, 0.1) is 12.7 Å². The summed E-state index contributed by atoms with van der Waals surface area (Å²) in [6.45, 7) is 1.73. The van der Waals surface area contributed by atoms with Crippen LogP contribution >= 0.6 is 0 Å². The van der Waals surface area contributed by atoms with Gasteiger partial charge in [-0.15, -0.1) is 0 Å². The summed E-state index contributed by atoms with van der Waals surface area (Å²) in [4.78, 5) is 23.9. The number of rotatable bonds is 4. The van der Waals surface area contributed by atoms with E-state index in [9.17, 15) is 9.18 Å². The molecule has 0 radical (unpaired) electrons. The van der Waals surface area contributed by atoms with Crippen LogP contribution in [0, 0.1) is 12.7 Å². The Hall–Kier alpha value is -2.77. The van der Waals surface area contributed by atoms with Crippen LogP contribution < -0.4 is 15.4 Å². The predicted octanol–water partition coefficient (Wildman–Crippen LogP) is 1.62. The normalized spacial score (nSPS) is 10.1. The van der Waals surface area contributed by atoms with Gasteiger partial charge in [-0.3, -0.25) is 10.1 Å². The second-order valence-electron chi connectivity index (χ2n) is 4.10. The molecule has 0 aliphatic carbocycles. The van der Waals surface area contributed by atoms with Gasteiger partial charge in [-0.25, -0.2) is 14.4 Å². The zero-order valence-corrected chi connectivity index (χ0v) is 11.8. The van der Waals surface area contributed by atoms with Gasteiger partial charge < -0.3 is 10.1 Å². The topological polar surface area (TPSA) is 89.0 Å². The number of aromatic nitrogens is 3. The lowest BCUT2D eigenvalue weighted by molar-refractivity contribution is 0.102. The fourth-order valence-corrected chi connectivity index (χ4v) is 1.66. The summed E-state index contributed by atoms with van der Waals surface area (Å²) in [5.41, 5.74) is 0.460. The second kappa shape index (κ2) is 6.12. The smallest absolute Gasteiger partial charge is 0.261 e. The van der Waals surface area contributed by atoms with Gasteiger partial charge in [0.25, 0.3) is 5.91 Å². The Morgan fingerprint density at radius 3 is 2.81 bits per heavy atom. The molecule has 2 heterocycles. The van der Waals surface area contributed by atoms with Gasteiger partial charge in [-0.05, 0) is 13.0 Å². The maximum Gasteiger partial charge on any atom is 0.261 e. The van der Waals surface area contributed by atoms with Crippen LogP contribution in [0.3, 0.4) is 0 Å². The third-order valence-corrected chi connectivity index (χ3v) is 2.64. The highest BCUT2D eigenvalue weighted by atomic mass is 19.1. The minimum atomic E-state index is -0.739. The second-order valence-corrected chi connectivity index (χ2v) is 4.10. The Balaban J connectivity index is 2.28. The molecule has 2 aromatic rings. The van der Waals surface area contributed by atoms with E-state index in [4.69, 9.17) is 4.74 Å². The maximum atomic E-state index is 14.0. The number of methoxy groups -OCH3 is 1. The Morgan fingerprint density at radius 1 is 1.38 bits per heavy atom. The van der Waals surface area contributed by atoms with E-state index >= 15 is 0 Å². The first kappa shape index (κ1) is 14.6. The number of nitrogens with zero attached hydrogens (tertiary/aromatic N) is 3. The van der Waals surface area contributed by atoms with Crippen LogP contribution in [0.1, 0.15) is 16.1 Å². The molecule has 110 valence electrons. The van der Waals surface area contributed by atoms with E-state index in [1.165, 1.54) is 26.4 Å². The summed E-state index contributed by atoms with van der Waals surface area (Å²) < 4.78 is 19.0. The number of nitrogens with one attached hydrogen (secondary N) is 2. The lowest BCUT2D eigenvalue weighted by Gasteiger charge is -2.08. The van der Waals surface area contributed by atoms with Crippen molar-refractivity contribution in [1.82, 2.24) is 15.0 Å². The highest BCUT2D eigenvalue weighted by Crippen LogP contribution is 2.16. The van der Waals surface area contributed by atoms with Crippen LogP contribution in [0.25, 0.3) is 0 Å². The Bertz CT molecular complexity index is 678. The molecule has 0 aromatic carbocycles. The molecule has 2 aromatic heterocycles. The van der Waals surface area contributed by atoms with Crippen molar-refractivity contribution < 1.29 is 13.9 Å². The fraction of sp³-hybridized carbons (Fsp3) is 0.231. The van der Waals surface area contributed by atoms with Gasteiger partial charge in [0, 0.05) is 25.0 Å². The molecule has 0 aliphatic heterocycles. The fourth-order valence-electron chi connectivity index (χ4n) is 1.66. The molecule has 0 saturated carbocycles. The molecule has 0 fully saturated rings. The summed E-state index contributed by atoms with van der Waals surface area (Å²) in [6.07, 6.45) is 1.33. The molecule has 0 unspecified atom stereocenters. The van der Waals surface area contributed by atoms with Gasteiger partial charge in [-0.2, -0.15) is 4.98 Å². The highest BCUT2D eigenvalue weighted by Gasteiger charge is 2.17. The van der Waals surface area contributed by atoms with Crippen LogP contribution in [-0.2, 0) is 0 Å². The summed E-state index contributed by atoms with van der Waals surface area (Å²) in [7, 11) is 2.97. The number of hydrogen-bond acceptors (Lipinski definition) is 6. The van der Waals surface area contributed by atoms with Gasteiger partial charge in [0.2, 0.25) is 11.8 Å². The number of ether oxygens (including phenoxy) is 1. The van der Waals surface area contributed by atoms with E-state index in [-0.39, 0.29) is 17.3 Å². The minimum Gasteiger partial charge on any atom is -0.481 e. The van der Waals surface area contributed by atoms with E-state index in [0.717, 1.165) is 0 Å². The van der Waals surface area contributed by atoms with E-state index < -0.39 is 11.7 Å². The molecule has 2 rings (SSSR count). The number of pyridine rings is 1. The minimum absolute atomic E-state index is 0.00890. The third kappa shape index (κ3) is 3.22. The van der Waals surface area contributed by atoms with Crippen molar-refractivity contribution in [2.45, 2.75) is 6.92 Å². The Labute approximate surface area is 120 Å². The molecule has 0 saturated heterocycles. The summed E-state index contributed by atoms with van der Waals surface area (Å²) in [6, 6.07) is 2.89. The maximum absolute atomic E-state index is 14.0. The van der Waals surface area contributed by atoms with Crippen molar-refractivity contribution in [3.63, 3.8) is 0 Å². The first-order valence-corrected chi connectivity index (χ1v) is 6.08. The monoisotopic (exact) mass is 291 g/mol. The standard InChI is InChI=1S/C13H14FN5O2/c1-7-6-9(21-3)18-13(17-7)19-12(20)8-4-5-16-11(15-2)10(8)14/h4-6H,1-3H3,(H,15,16)(H,17,18,19,20). The Kier molecular flexibility index (Phi) is 4.27. The number of halogens is 1. The SMILES string of the molecule is CNc1nccc(C(=O)Nc2nc(C)cc(OC)n2)c1F. The highest BCUT2D eigenvalue weighted by molar-refractivity contribution is 6.04. The lowest BCUT2D eigenvalue weighted by Crippen LogP contribution is -2.17. The number of hydrogen-bond donors (Lipinski definition) is 2. The number of carbonyl (C=O) groups is 1. The predicted molar refractivity (Wildman–Crippen MR) is 75.0 cm³/mol. The molecule has 2 N–H and O–H groups in total. The van der Waals surface area contributed by atoms with Crippen LogP contribution in [0.2, 0.25) is 0 Å². The van der Waals surface area contributed by atoms with Crippen molar-refractivity contribution in [1.29, 1.82) is 0 Å². The van der Waals surface area contributed by atoms with E-state index in [1.807, 2.05) is 0 Å². The van der Waals surface area contributed by atoms with Crippen LogP contribution in [0.15, 0.2) is 18.3 Å². The first-order chi connectivity index (χ1) is 10.0. The number of anilines is 2. The van der Waals surface area contributed by atoms with Crippen molar-refractivity contribution in [3.8, 4) is 5.88 Å². The molecule has 0 spiro atoms. The zero-order valence-electron chi connectivity index (χ0n) is 11.8. The molecular formula is C13H14FN5O2. The molecule has 0 atom stereocenters. The average Bonchev–Trinajstić information content (AvgIpc) is 2.46. The summed E-state index contributed by atoms with van der Waals surface area (Å²) in [5.74, 6) is -1.07. The number of carbonyl (C=O) groups excluding carboxylic acids is 1. The largest absolute Gasteiger partial charge is 0.481 e. The van der Waals surface area contributed by atoms with Crippen molar-refractivity contribution in [2.24, 2.45) is 0 Å². The zero-order chi connectivity index (χ0) is 15.4. The molecule has 1 amide bonds. The summed E-state index contributed by atoms with van der Waals surface area (Å²) in [5, 5.41) is 4.99. The van der Waals surface area contributed by atoms with Crippen molar-refractivity contribution in [2.75, 3.05) is 24.8 Å². The molecular weight excluding hydrogens is 277 g/mol. The molecule has 21 heavy (non-hydrogen) atoms. The Morgan fingerprint density at radius 2 is 2.14 bits per heavy atom. The van der Waals surface area contributed by atoms with Gasteiger partial charge >= 0.3 is 0 Å². The van der Waals surface area contributed by atoms with Gasteiger partial charge in [-0.1, -0.05) is 0 Å². The van der Waals surface area contributed by atoms with Gasteiger partial charge in [0.1, 0.15) is 0 Å². The number of amides is 1. The van der Waals surface area contributed by atoms with Gasteiger partial charge in [0.15, 0.2) is 11.6 Å².